The minimum atomic E-state index is 0.113. The van der Waals surface area contributed by atoms with Gasteiger partial charge in [0.25, 0.3) is 0 Å². The van der Waals surface area contributed by atoms with Gasteiger partial charge in [-0.05, 0) is 49.1 Å². The number of nitrogens with zero attached hydrogens (tertiary/aromatic N) is 3. The Bertz CT molecular complexity index is 910. The minimum absolute atomic E-state index is 0.113. The average molecular weight is 305 g/mol. The Morgan fingerprint density at radius 3 is 2.87 bits per heavy atom. The van der Waals surface area contributed by atoms with E-state index in [-0.39, 0.29) is 5.91 Å². The van der Waals surface area contributed by atoms with E-state index >= 15 is 0 Å². The predicted molar refractivity (Wildman–Crippen MR) is 91.7 cm³/mol. The lowest BCUT2D eigenvalue weighted by Gasteiger charge is -2.28. The van der Waals surface area contributed by atoms with E-state index in [0.29, 0.717) is 0 Å². The zero-order valence-corrected chi connectivity index (χ0v) is 13.4. The van der Waals surface area contributed by atoms with Crippen molar-refractivity contribution < 1.29 is 4.79 Å². The predicted octanol–water partition coefficient (Wildman–Crippen LogP) is 3.61. The van der Waals surface area contributed by atoms with Crippen LogP contribution in [-0.4, -0.2) is 21.8 Å². The topological polar surface area (TPSA) is 37.6 Å². The Labute approximate surface area is 135 Å². The third-order valence-corrected chi connectivity index (χ3v) is 4.47. The molecule has 0 saturated heterocycles. The van der Waals surface area contributed by atoms with Gasteiger partial charge in [0.2, 0.25) is 5.91 Å². The van der Waals surface area contributed by atoms with Crippen molar-refractivity contribution in [2.75, 3.05) is 11.4 Å². The van der Waals surface area contributed by atoms with E-state index in [1.165, 1.54) is 11.1 Å². The third kappa shape index (κ3) is 2.40. The van der Waals surface area contributed by atoms with Gasteiger partial charge in [0.15, 0.2) is 0 Å². The first-order valence-electron chi connectivity index (χ1n) is 7.98. The Kier molecular flexibility index (Phi) is 3.18. The average Bonchev–Trinajstić information content (AvgIpc) is 2.96. The lowest BCUT2D eigenvalue weighted by Crippen LogP contribution is -2.33. The van der Waals surface area contributed by atoms with Crippen molar-refractivity contribution >= 4 is 17.2 Å². The number of amides is 1. The van der Waals surface area contributed by atoms with Gasteiger partial charge in [0.1, 0.15) is 5.65 Å². The molecule has 3 aromatic rings. The van der Waals surface area contributed by atoms with Gasteiger partial charge in [0.05, 0.1) is 5.69 Å². The molecule has 23 heavy (non-hydrogen) atoms. The number of fused-ring (bicyclic) bond motifs is 2. The summed E-state index contributed by atoms with van der Waals surface area (Å²) in [5, 5.41) is 0. The Morgan fingerprint density at radius 1 is 1.17 bits per heavy atom. The normalized spacial score (nSPS) is 14.1. The molecular formula is C19H19N3O. The maximum atomic E-state index is 11.8. The summed E-state index contributed by atoms with van der Waals surface area (Å²) in [6.45, 7) is 4.52. The van der Waals surface area contributed by atoms with Crippen molar-refractivity contribution in [2.45, 2.75) is 26.7 Å². The van der Waals surface area contributed by atoms with Gasteiger partial charge < -0.3 is 9.30 Å². The lowest BCUT2D eigenvalue weighted by atomic mass is 9.98. The summed E-state index contributed by atoms with van der Waals surface area (Å²) in [6.07, 6.45) is 6.18. The van der Waals surface area contributed by atoms with Crippen LogP contribution in [0.5, 0.6) is 0 Å². The molecule has 0 atom stereocenters. The van der Waals surface area contributed by atoms with E-state index in [9.17, 15) is 4.79 Å². The van der Waals surface area contributed by atoms with Gasteiger partial charge in [-0.25, -0.2) is 4.98 Å². The molecule has 0 spiro atoms. The maximum absolute atomic E-state index is 11.8. The molecule has 3 heterocycles. The number of aryl methyl sites for hydroxylation is 2. The van der Waals surface area contributed by atoms with Gasteiger partial charge >= 0.3 is 0 Å². The quantitative estimate of drug-likeness (QED) is 0.689. The van der Waals surface area contributed by atoms with Crippen LogP contribution in [0, 0.1) is 6.92 Å². The van der Waals surface area contributed by atoms with E-state index in [1.807, 2.05) is 11.0 Å². The number of benzene rings is 1. The van der Waals surface area contributed by atoms with Crippen LogP contribution in [0.4, 0.5) is 5.69 Å². The molecule has 0 fully saturated rings. The SMILES string of the molecule is CC(=O)N1CCCc2cc(-c3cn4cc(C)ccc4n3)ccc21. The van der Waals surface area contributed by atoms with E-state index in [2.05, 4.69) is 48.0 Å². The Hall–Kier alpha value is -2.62. The molecular weight excluding hydrogens is 286 g/mol. The number of pyridine rings is 1. The van der Waals surface area contributed by atoms with E-state index in [0.717, 1.165) is 42.0 Å². The van der Waals surface area contributed by atoms with Crippen LogP contribution < -0.4 is 4.90 Å². The molecule has 116 valence electrons. The van der Waals surface area contributed by atoms with Crippen molar-refractivity contribution in [3.8, 4) is 11.3 Å². The molecule has 0 bridgehead atoms. The highest BCUT2D eigenvalue weighted by atomic mass is 16.2. The fourth-order valence-electron chi connectivity index (χ4n) is 3.33. The third-order valence-electron chi connectivity index (χ3n) is 4.47. The fraction of sp³-hybridized carbons (Fsp3) is 0.263. The number of imidazole rings is 1. The summed E-state index contributed by atoms with van der Waals surface area (Å²) in [6, 6.07) is 10.4. The first-order chi connectivity index (χ1) is 11.1. The van der Waals surface area contributed by atoms with Crippen molar-refractivity contribution in [1.82, 2.24) is 9.38 Å². The zero-order chi connectivity index (χ0) is 16.0. The second-order valence-corrected chi connectivity index (χ2v) is 6.22. The molecule has 4 heteroatoms. The van der Waals surface area contributed by atoms with Gasteiger partial charge in [-0.1, -0.05) is 12.1 Å². The first kappa shape index (κ1) is 14.0. The summed E-state index contributed by atoms with van der Waals surface area (Å²) in [5.41, 5.74) is 6.52. The molecule has 1 amide bonds. The van der Waals surface area contributed by atoms with Gasteiger partial charge in [-0.3, -0.25) is 4.79 Å². The summed E-state index contributed by atoms with van der Waals surface area (Å²) < 4.78 is 2.06. The van der Waals surface area contributed by atoms with Crippen molar-refractivity contribution in [3.63, 3.8) is 0 Å². The number of anilines is 1. The monoisotopic (exact) mass is 305 g/mol. The second kappa shape index (κ2) is 5.23. The molecule has 4 rings (SSSR count). The van der Waals surface area contributed by atoms with Gasteiger partial charge in [-0.2, -0.15) is 0 Å². The molecule has 0 N–H and O–H groups in total. The molecule has 1 aliphatic rings. The molecule has 1 aromatic carbocycles. The summed E-state index contributed by atoms with van der Waals surface area (Å²) in [4.78, 5) is 18.4. The lowest BCUT2D eigenvalue weighted by molar-refractivity contribution is -0.116. The van der Waals surface area contributed by atoms with Gasteiger partial charge in [-0.15, -0.1) is 0 Å². The number of aromatic nitrogens is 2. The first-order valence-corrected chi connectivity index (χ1v) is 7.98. The smallest absolute Gasteiger partial charge is 0.223 e. The van der Waals surface area contributed by atoms with Crippen LogP contribution in [0.15, 0.2) is 42.7 Å². The van der Waals surface area contributed by atoms with Crippen LogP contribution in [-0.2, 0) is 11.2 Å². The molecule has 0 saturated carbocycles. The number of carbonyl (C=O) groups is 1. The molecule has 0 unspecified atom stereocenters. The second-order valence-electron chi connectivity index (χ2n) is 6.22. The standard InChI is InChI=1S/C19H19N3O/c1-13-5-8-19-20-17(12-21(19)11-13)15-6-7-18-16(10-15)4-3-9-22(18)14(2)23/h5-8,10-12H,3-4,9H2,1-2H3. The molecule has 0 aliphatic carbocycles. The van der Waals surface area contributed by atoms with Crippen LogP contribution in [0.25, 0.3) is 16.9 Å². The number of rotatable bonds is 1. The zero-order valence-electron chi connectivity index (χ0n) is 13.4. The highest BCUT2D eigenvalue weighted by Crippen LogP contribution is 2.31. The van der Waals surface area contributed by atoms with Crippen molar-refractivity contribution in [2.24, 2.45) is 0 Å². The number of hydrogen-bond acceptors (Lipinski definition) is 2. The number of carbonyl (C=O) groups excluding carboxylic acids is 1. The Morgan fingerprint density at radius 2 is 2.04 bits per heavy atom. The summed E-state index contributed by atoms with van der Waals surface area (Å²) in [7, 11) is 0. The molecule has 0 radical (unpaired) electrons. The summed E-state index contributed by atoms with van der Waals surface area (Å²) >= 11 is 0. The minimum Gasteiger partial charge on any atom is -0.312 e. The largest absolute Gasteiger partial charge is 0.312 e. The van der Waals surface area contributed by atoms with Crippen molar-refractivity contribution in [3.05, 3.63) is 53.9 Å². The van der Waals surface area contributed by atoms with Crippen LogP contribution in [0.2, 0.25) is 0 Å². The van der Waals surface area contributed by atoms with Crippen LogP contribution in [0.1, 0.15) is 24.5 Å². The Balaban J connectivity index is 1.78. The fourth-order valence-corrected chi connectivity index (χ4v) is 3.33. The van der Waals surface area contributed by atoms with Crippen LogP contribution >= 0.6 is 0 Å². The highest BCUT2D eigenvalue weighted by Gasteiger charge is 2.20. The van der Waals surface area contributed by atoms with E-state index < -0.39 is 0 Å². The van der Waals surface area contributed by atoms with Crippen molar-refractivity contribution in [1.29, 1.82) is 0 Å². The summed E-state index contributed by atoms with van der Waals surface area (Å²) in [5.74, 6) is 0.113. The number of hydrogen-bond donors (Lipinski definition) is 0. The van der Waals surface area contributed by atoms with E-state index in [1.54, 1.807) is 6.92 Å². The molecule has 2 aromatic heterocycles. The van der Waals surface area contributed by atoms with Crippen LogP contribution in [0.3, 0.4) is 0 Å². The van der Waals surface area contributed by atoms with E-state index in [4.69, 9.17) is 4.98 Å². The maximum Gasteiger partial charge on any atom is 0.223 e. The molecule has 4 nitrogen and oxygen atoms in total. The molecule has 1 aliphatic heterocycles. The van der Waals surface area contributed by atoms with Gasteiger partial charge in [0, 0.05) is 37.1 Å². The highest BCUT2D eigenvalue weighted by molar-refractivity contribution is 5.93.